The predicted molar refractivity (Wildman–Crippen MR) is 79.4 cm³/mol. The number of carbonyl (C=O) groups excluding carboxylic acids is 1. The summed E-state index contributed by atoms with van der Waals surface area (Å²) >= 11 is 6.14. The number of hydrogen-bond acceptors (Lipinski definition) is 1. The normalized spacial score (nSPS) is 19.9. The van der Waals surface area contributed by atoms with Gasteiger partial charge in [0.05, 0.1) is 5.92 Å². The van der Waals surface area contributed by atoms with Crippen LogP contribution in [0.1, 0.15) is 50.7 Å². The molecule has 20 heavy (non-hydrogen) atoms. The van der Waals surface area contributed by atoms with E-state index in [2.05, 4.69) is 11.9 Å². The number of carbonyl (C=O) groups is 1. The number of nitrogens with one attached hydrogen (secondary N) is 1. The van der Waals surface area contributed by atoms with E-state index in [0.29, 0.717) is 34.7 Å². The molecule has 0 saturated carbocycles. The zero-order valence-electron chi connectivity index (χ0n) is 12.0. The molecule has 1 aliphatic rings. The van der Waals surface area contributed by atoms with Gasteiger partial charge in [0.15, 0.2) is 0 Å². The number of allylic oxidation sites excluding steroid dienone is 1. The van der Waals surface area contributed by atoms with Crippen LogP contribution in [-0.2, 0) is 10.2 Å². The molecule has 1 aromatic rings. The van der Waals surface area contributed by atoms with Crippen LogP contribution in [0.25, 0.3) is 0 Å². The Morgan fingerprint density at radius 3 is 2.60 bits per heavy atom. The SMILES string of the molecule is C=C1CCC(c2c(Cl)ccc(C(C)(C)C)c2F)C(=O)N1. The van der Waals surface area contributed by atoms with Crippen molar-refractivity contribution in [2.75, 3.05) is 0 Å². The lowest BCUT2D eigenvalue weighted by Crippen LogP contribution is -2.34. The van der Waals surface area contributed by atoms with Gasteiger partial charge in [-0.2, -0.15) is 0 Å². The summed E-state index contributed by atoms with van der Waals surface area (Å²) < 4.78 is 14.8. The fourth-order valence-corrected chi connectivity index (χ4v) is 2.79. The third kappa shape index (κ3) is 2.73. The molecular weight excluding hydrogens is 277 g/mol. The Labute approximate surface area is 124 Å². The van der Waals surface area contributed by atoms with Crippen LogP contribution >= 0.6 is 11.6 Å². The summed E-state index contributed by atoms with van der Waals surface area (Å²) in [4.78, 5) is 12.1. The second-order valence-corrected chi connectivity index (χ2v) is 6.66. The first-order chi connectivity index (χ1) is 9.21. The van der Waals surface area contributed by atoms with E-state index in [1.807, 2.05) is 20.8 Å². The third-order valence-corrected chi connectivity index (χ3v) is 3.96. The van der Waals surface area contributed by atoms with Crippen LogP contribution in [0.15, 0.2) is 24.4 Å². The van der Waals surface area contributed by atoms with Crippen LogP contribution in [0.4, 0.5) is 4.39 Å². The number of benzene rings is 1. The largest absolute Gasteiger partial charge is 0.330 e. The number of amides is 1. The molecule has 1 N–H and O–H groups in total. The number of halogens is 2. The number of piperidine rings is 1. The van der Waals surface area contributed by atoms with Crippen molar-refractivity contribution < 1.29 is 9.18 Å². The van der Waals surface area contributed by atoms with Crippen molar-refractivity contribution in [3.8, 4) is 0 Å². The lowest BCUT2D eigenvalue weighted by Gasteiger charge is -2.27. The van der Waals surface area contributed by atoms with Gasteiger partial charge in [-0.05, 0) is 29.9 Å². The molecule has 1 amide bonds. The summed E-state index contributed by atoms with van der Waals surface area (Å²) in [5.41, 5.74) is 1.23. The second-order valence-electron chi connectivity index (χ2n) is 6.26. The van der Waals surface area contributed by atoms with Crippen LogP contribution in [0.5, 0.6) is 0 Å². The molecule has 1 aromatic carbocycles. The summed E-state index contributed by atoms with van der Waals surface area (Å²) in [5, 5.41) is 2.99. The highest BCUT2D eigenvalue weighted by atomic mass is 35.5. The van der Waals surface area contributed by atoms with Crippen molar-refractivity contribution >= 4 is 17.5 Å². The van der Waals surface area contributed by atoms with E-state index in [1.54, 1.807) is 12.1 Å². The van der Waals surface area contributed by atoms with Crippen LogP contribution < -0.4 is 5.32 Å². The molecule has 1 heterocycles. The molecule has 0 radical (unpaired) electrons. The van der Waals surface area contributed by atoms with E-state index >= 15 is 0 Å². The van der Waals surface area contributed by atoms with Gasteiger partial charge < -0.3 is 5.32 Å². The molecule has 1 unspecified atom stereocenters. The first kappa shape index (κ1) is 15.0. The molecular formula is C16H19ClFNO. The first-order valence-electron chi connectivity index (χ1n) is 6.69. The van der Waals surface area contributed by atoms with Gasteiger partial charge in [-0.15, -0.1) is 0 Å². The summed E-state index contributed by atoms with van der Waals surface area (Å²) in [5.74, 6) is -1.14. The van der Waals surface area contributed by atoms with Crippen LogP contribution in [0.2, 0.25) is 5.02 Å². The lowest BCUT2D eigenvalue weighted by atomic mass is 9.82. The van der Waals surface area contributed by atoms with Gasteiger partial charge in [-0.25, -0.2) is 4.39 Å². The van der Waals surface area contributed by atoms with E-state index in [-0.39, 0.29) is 17.1 Å². The first-order valence-corrected chi connectivity index (χ1v) is 7.06. The molecule has 1 atom stereocenters. The predicted octanol–water partition coefficient (Wildman–Crippen LogP) is 4.28. The van der Waals surface area contributed by atoms with E-state index in [0.717, 1.165) is 0 Å². The highest BCUT2D eigenvalue weighted by Crippen LogP contribution is 2.38. The standard InChI is InChI=1S/C16H19ClFNO/c1-9-5-6-10(15(20)19-9)13-12(17)8-7-11(14(13)18)16(2,3)4/h7-8,10H,1,5-6H2,2-4H3,(H,19,20). The second kappa shape index (κ2) is 5.21. The summed E-state index contributed by atoms with van der Waals surface area (Å²) in [6.45, 7) is 9.54. The topological polar surface area (TPSA) is 29.1 Å². The smallest absolute Gasteiger partial charge is 0.231 e. The van der Waals surface area contributed by atoms with Crippen molar-refractivity contribution in [3.63, 3.8) is 0 Å². The molecule has 1 saturated heterocycles. The minimum Gasteiger partial charge on any atom is -0.330 e. The van der Waals surface area contributed by atoms with Gasteiger partial charge in [0.2, 0.25) is 5.91 Å². The van der Waals surface area contributed by atoms with Crippen LogP contribution in [0.3, 0.4) is 0 Å². The minimum absolute atomic E-state index is 0.229. The van der Waals surface area contributed by atoms with Gasteiger partial charge in [0, 0.05) is 16.3 Å². The van der Waals surface area contributed by atoms with Crippen molar-refractivity contribution in [2.45, 2.75) is 44.9 Å². The third-order valence-electron chi connectivity index (χ3n) is 3.63. The molecule has 1 fully saturated rings. The number of hydrogen-bond donors (Lipinski definition) is 1. The van der Waals surface area contributed by atoms with Crippen molar-refractivity contribution in [1.29, 1.82) is 0 Å². The molecule has 0 aromatic heterocycles. The van der Waals surface area contributed by atoms with Gasteiger partial charge in [-0.3, -0.25) is 4.79 Å². The minimum atomic E-state index is -0.546. The molecule has 2 rings (SSSR count). The molecule has 108 valence electrons. The molecule has 2 nitrogen and oxygen atoms in total. The van der Waals surface area contributed by atoms with Crippen LogP contribution in [0, 0.1) is 5.82 Å². The molecule has 0 bridgehead atoms. The zero-order chi connectivity index (χ0) is 15.1. The zero-order valence-corrected chi connectivity index (χ0v) is 12.8. The molecule has 4 heteroatoms. The highest BCUT2D eigenvalue weighted by Gasteiger charge is 2.32. The van der Waals surface area contributed by atoms with Gasteiger partial charge in [0.25, 0.3) is 0 Å². The van der Waals surface area contributed by atoms with E-state index in [9.17, 15) is 9.18 Å². The monoisotopic (exact) mass is 295 g/mol. The van der Waals surface area contributed by atoms with Gasteiger partial charge in [-0.1, -0.05) is 45.0 Å². The number of rotatable bonds is 1. The Bertz CT molecular complexity index is 575. The summed E-state index contributed by atoms with van der Waals surface area (Å²) in [7, 11) is 0. The fraction of sp³-hybridized carbons (Fsp3) is 0.438. The fourth-order valence-electron chi connectivity index (χ4n) is 2.52. The Kier molecular flexibility index (Phi) is 3.92. The molecule has 0 aliphatic carbocycles. The van der Waals surface area contributed by atoms with E-state index < -0.39 is 5.92 Å². The average molecular weight is 296 g/mol. The van der Waals surface area contributed by atoms with Gasteiger partial charge in [0.1, 0.15) is 5.82 Å². The maximum atomic E-state index is 14.8. The summed E-state index contributed by atoms with van der Waals surface area (Å²) in [6.07, 6.45) is 1.18. The summed E-state index contributed by atoms with van der Waals surface area (Å²) in [6, 6.07) is 3.37. The maximum Gasteiger partial charge on any atom is 0.231 e. The Morgan fingerprint density at radius 2 is 2.05 bits per heavy atom. The van der Waals surface area contributed by atoms with E-state index in [1.165, 1.54) is 0 Å². The van der Waals surface area contributed by atoms with Crippen molar-refractivity contribution in [2.24, 2.45) is 0 Å². The Morgan fingerprint density at radius 1 is 1.40 bits per heavy atom. The van der Waals surface area contributed by atoms with Gasteiger partial charge >= 0.3 is 0 Å². The van der Waals surface area contributed by atoms with Crippen LogP contribution in [-0.4, -0.2) is 5.91 Å². The quantitative estimate of drug-likeness (QED) is 0.823. The average Bonchev–Trinajstić information content (AvgIpc) is 2.29. The Balaban J connectivity index is 2.51. The lowest BCUT2D eigenvalue weighted by molar-refractivity contribution is -0.122. The van der Waals surface area contributed by atoms with Crippen molar-refractivity contribution in [1.82, 2.24) is 5.32 Å². The van der Waals surface area contributed by atoms with Crippen molar-refractivity contribution in [3.05, 3.63) is 46.4 Å². The van der Waals surface area contributed by atoms with E-state index in [4.69, 9.17) is 11.6 Å². The molecule has 0 spiro atoms. The Hall–Kier alpha value is -1.35. The highest BCUT2D eigenvalue weighted by molar-refractivity contribution is 6.31. The maximum absolute atomic E-state index is 14.8. The molecule has 1 aliphatic heterocycles.